The molecule has 0 heterocycles. The summed E-state index contributed by atoms with van der Waals surface area (Å²) < 4.78 is 0. The maximum atomic E-state index is 11.5. The van der Waals surface area contributed by atoms with Crippen LogP contribution in [0.2, 0.25) is 0 Å². The largest absolute Gasteiger partial charge is 0.393 e. The zero-order valence-electron chi connectivity index (χ0n) is 18.5. The van der Waals surface area contributed by atoms with Crippen molar-refractivity contribution in [2.45, 2.75) is 104 Å². The minimum Gasteiger partial charge on any atom is -0.393 e. The van der Waals surface area contributed by atoms with Gasteiger partial charge in [0.15, 0.2) is 0 Å². The highest BCUT2D eigenvalue weighted by Gasteiger charge is 2.62. The van der Waals surface area contributed by atoms with Crippen LogP contribution in [-0.2, 0) is 4.79 Å². The molecule has 0 aliphatic heterocycles. The molecule has 0 spiro atoms. The third kappa shape index (κ3) is 3.20. The van der Waals surface area contributed by atoms with E-state index in [2.05, 4.69) is 20.8 Å². The van der Waals surface area contributed by atoms with E-state index < -0.39 is 0 Å². The summed E-state index contributed by atoms with van der Waals surface area (Å²) in [6.07, 6.45) is 10.3. The van der Waals surface area contributed by atoms with E-state index in [1.54, 1.807) is 6.92 Å². The fourth-order valence-electron chi connectivity index (χ4n) is 8.81. The van der Waals surface area contributed by atoms with Gasteiger partial charge in [-0.3, -0.25) is 0 Å². The summed E-state index contributed by atoms with van der Waals surface area (Å²) >= 11 is 0. The molecular formula is C25H42O3. The minimum absolute atomic E-state index is 0.159. The van der Waals surface area contributed by atoms with Gasteiger partial charge in [-0.25, -0.2) is 0 Å². The summed E-state index contributed by atoms with van der Waals surface area (Å²) in [6.45, 7) is 9.08. The second kappa shape index (κ2) is 7.38. The fraction of sp³-hybridized carbons (Fsp3) is 0.960. The smallest absolute Gasteiger partial charge is 0.129 e. The number of fused-ring (bicyclic) bond motifs is 5. The van der Waals surface area contributed by atoms with Crippen LogP contribution in [0.3, 0.4) is 0 Å². The van der Waals surface area contributed by atoms with Crippen LogP contribution in [-0.4, -0.2) is 28.2 Å². The Morgan fingerprint density at radius 2 is 1.68 bits per heavy atom. The SMILES string of the molecule is CC(=O)CC[C@@H](C)[C@H]1CC[C@H]2C3C(O)CC4C[C@H](O)CC[C@]4(C)[C@H]3CC[C@]12C. The van der Waals surface area contributed by atoms with E-state index in [0.717, 1.165) is 38.5 Å². The van der Waals surface area contributed by atoms with Crippen LogP contribution in [0.25, 0.3) is 0 Å². The van der Waals surface area contributed by atoms with Gasteiger partial charge in [0.05, 0.1) is 12.2 Å². The number of aliphatic hydroxyl groups excluding tert-OH is 2. The summed E-state index contributed by atoms with van der Waals surface area (Å²) in [6, 6.07) is 0. The molecule has 4 saturated carbocycles. The van der Waals surface area contributed by atoms with Gasteiger partial charge in [-0.05, 0) is 111 Å². The fourth-order valence-corrected chi connectivity index (χ4v) is 8.81. The van der Waals surface area contributed by atoms with Crippen molar-refractivity contribution >= 4 is 5.78 Å². The lowest BCUT2D eigenvalue weighted by molar-refractivity contribution is -0.174. The molecule has 4 aliphatic carbocycles. The average molecular weight is 391 g/mol. The van der Waals surface area contributed by atoms with Crippen LogP contribution in [0.1, 0.15) is 91.9 Å². The van der Waals surface area contributed by atoms with Gasteiger partial charge in [0.1, 0.15) is 5.78 Å². The molecule has 2 N–H and O–H groups in total. The molecule has 0 amide bonds. The molecule has 0 radical (unpaired) electrons. The number of ketones is 1. The van der Waals surface area contributed by atoms with Gasteiger partial charge in [0.2, 0.25) is 0 Å². The molecule has 3 nitrogen and oxygen atoms in total. The highest BCUT2D eigenvalue weighted by atomic mass is 16.3. The predicted octanol–water partition coefficient (Wildman–Crippen LogP) is 4.98. The first-order chi connectivity index (χ1) is 13.2. The maximum absolute atomic E-state index is 11.5. The molecule has 28 heavy (non-hydrogen) atoms. The highest BCUT2D eigenvalue weighted by molar-refractivity contribution is 5.75. The Balaban J connectivity index is 1.55. The molecule has 0 bridgehead atoms. The first kappa shape index (κ1) is 20.8. The molecule has 0 aromatic rings. The van der Waals surface area contributed by atoms with Crippen LogP contribution >= 0.6 is 0 Å². The Bertz CT molecular complexity index is 603. The second-order valence-corrected chi connectivity index (χ2v) is 11.7. The van der Waals surface area contributed by atoms with E-state index >= 15 is 0 Å². The molecule has 4 fully saturated rings. The van der Waals surface area contributed by atoms with E-state index in [-0.39, 0.29) is 12.2 Å². The number of carbonyl (C=O) groups is 1. The van der Waals surface area contributed by atoms with Gasteiger partial charge < -0.3 is 15.0 Å². The average Bonchev–Trinajstić information content (AvgIpc) is 2.98. The summed E-state index contributed by atoms with van der Waals surface area (Å²) in [5.41, 5.74) is 0.637. The number of hydrogen-bond donors (Lipinski definition) is 2. The summed E-state index contributed by atoms with van der Waals surface area (Å²) in [5, 5.41) is 21.5. The van der Waals surface area contributed by atoms with E-state index in [4.69, 9.17) is 0 Å². The molecule has 4 rings (SSSR count). The molecule has 3 unspecified atom stereocenters. The lowest BCUT2D eigenvalue weighted by atomic mass is 9.43. The zero-order chi connectivity index (χ0) is 20.3. The van der Waals surface area contributed by atoms with Crippen molar-refractivity contribution in [3.8, 4) is 0 Å². The van der Waals surface area contributed by atoms with Crippen molar-refractivity contribution in [3.05, 3.63) is 0 Å². The summed E-state index contributed by atoms with van der Waals surface area (Å²) in [5.74, 6) is 3.81. The molecule has 10 atom stereocenters. The van der Waals surface area contributed by atoms with Gasteiger partial charge in [0.25, 0.3) is 0 Å². The van der Waals surface area contributed by atoms with E-state index in [1.165, 1.54) is 25.7 Å². The van der Waals surface area contributed by atoms with Crippen LogP contribution in [0.15, 0.2) is 0 Å². The van der Waals surface area contributed by atoms with Crippen LogP contribution < -0.4 is 0 Å². The van der Waals surface area contributed by atoms with E-state index in [0.29, 0.717) is 52.1 Å². The van der Waals surface area contributed by atoms with Crippen molar-refractivity contribution in [2.75, 3.05) is 0 Å². The van der Waals surface area contributed by atoms with Crippen molar-refractivity contribution < 1.29 is 15.0 Å². The number of hydrogen-bond acceptors (Lipinski definition) is 3. The first-order valence-electron chi connectivity index (χ1n) is 12.0. The standard InChI is InChI=1S/C25H42O3/c1-15(5-6-16(2)26)19-7-8-20-23-21(10-12-25(19,20)4)24(3)11-9-18(27)13-17(24)14-22(23)28/h15,17-23,27-28H,5-14H2,1-4H3/t15-,17?,18-,19-,20+,21+,22?,23?,24+,25-/m1/s1. The third-order valence-electron chi connectivity index (χ3n) is 10.4. The quantitative estimate of drug-likeness (QED) is 0.711. The Kier molecular flexibility index (Phi) is 5.49. The monoisotopic (exact) mass is 390 g/mol. The zero-order valence-corrected chi connectivity index (χ0v) is 18.5. The Morgan fingerprint density at radius 3 is 2.39 bits per heavy atom. The van der Waals surface area contributed by atoms with E-state index in [9.17, 15) is 15.0 Å². The lowest BCUT2D eigenvalue weighted by Gasteiger charge is -2.62. The van der Waals surface area contributed by atoms with Gasteiger partial charge in [0, 0.05) is 6.42 Å². The summed E-state index contributed by atoms with van der Waals surface area (Å²) in [7, 11) is 0. The number of carbonyl (C=O) groups excluding carboxylic acids is 1. The van der Waals surface area contributed by atoms with Gasteiger partial charge in [-0.15, -0.1) is 0 Å². The van der Waals surface area contributed by atoms with Crippen LogP contribution in [0, 0.1) is 46.3 Å². The molecule has 0 aromatic carbocycles. The Hall–Kier alpha value is -0.410. The minimum atomic E-state index is -0.190. The third-order valence-corrected chi connectivity index (χ3v) is 10.4. The van der Waals surface area contributed by atoms with Crippen molar-refractivity contribution in [1.82, 2.24) is 0 Å². The number of rotatable bonds is 4. The molecular weight excluding hydrogens is 348 g/mol. The van der Waals surface area contributed by atoms with Crippen molar-refractivity contribution in [2.24, 2.45) is 46.3 Å². The molecule has 160 valence electrons. The first-order valence-corrected chi connectivity index (χ1v) is 12.0. The molecule has 3 heteroatoms. The van der Waals surface area contributed by atoms with E-state index in [1.807, 2.05) is 0 Å². The van der Waals surface area contributed by atoms with Gasteiger partial charge in [-0.1, -0.05) is 20.8 Å². The van der Waals surface area contributed by atoms with Crippen LogP contribution in [0.4, 0.5) is 0 Å². The molecule has 0 saturated heterocycles. The predicted molar refractivity (Wildman–Crippen MR) is 112 cm³/mol. The number of Topliss-reactive ketones (excluding diaryl/α,β-unsaturated/α-hetero) is 1. The van der Waals surface area contributed by atoms with Gasteiger partial charge in [-0.2, -0.15) is 0 Å². The van der Waals surface area contributed by atoms with Crippen LogP contribution in [0.5, 0.6) is 0 Å². The lowest BCUT2D eigenvalue weighted by Crippen LogP contribution is -2.58. The second-order valence-electron chi connectivity index (χ2n) is 11.7. The Labute approximate surface area is 171 Å². The maximum Gasteiger partial charge on any atom is 0.129 e. The molecule has 0 aromatic heterocycles. The topological polar surface area (TPSA) is 57.5 Å². The highest BCUT2D eigenvalue weighted by Crippen LogP contribution is 2.68. The van der Waals surface area contributed by atoms with Gasteiger partial charge >= 0.3 is 0 Å². The Morgan fingerprint density at radius 1 is 1.00 bits per heavy atom. The van der Waals surface area contributed by atoms with Crippen molar-refractivity contribution in [1.29, 1.82) is 0 Å². The summed E-state index contributed by atoms with van der Waals surface area (Å²) in [4.78, 5) is 11.5. The molecule has 4 aliphatic rings. The normalized spacial score (nSPS) is 51.7. The number of aliphatic hydroxyl groups is 2. The van der Waals surface area contributed by atoms with Crippen molar-refractivity contribution in [3.63, 3.8) is 0 Å².